The molecule has 2 bridgehead atoms. The molecular formula is C14H21NO2. The normalized spacial score (nSPS) is 20.0. The summed E-state index contributed by atoms with van der Waals surface area (Å²) in [4.78, 5) is 0. The molecule has 2 aromatic heterocycles. The van der Waals surface area contributed by atoms with Gasteiger partial charge < -0.3 is 14.5 Å². The summed E-state index contributed by atoms with van der Waals surface area (Å²) < 4.78 is 10.2. The summed E-state index contributed by atoms with van der Waals surface area (Å²) >= 11 is 0. The molecule has 1 aliphatic heterocycles. The number of hydrogen-bond donors (Lipinski definition) is 1. The van der Waals surface area contributed by atoms with Crippen LogP contribution in [0.3, 0.4) is 0 Å². The summed E-state index contributed by atoms with van der Waals surface area (Å²) in [5, 5.41) is 3.47. The van der Waals surface area contributed by atoms with E-state index < -0.39 is 0 Å². The van der Waals surface area contributed by atoms with Gasteiger partial charge in [0.15, 0.2) is 11.3 Å². The Bertz CT molecular complexity index is 418. The molecule has 17 heavy (non-hydrogen) atoms. The molecule has 3 heterocycles. The lowest BCUT2D eigenvalue weighted by Crippen LogP contribution is -2.32. The molecule has 0 spiro atoms. The van der Waals surface area contributed by atoms with Crippen LogP contribution in [-0.4, -0.2) is 19.7 Å². The lowest BCUT2D eigenvalue weighted by molar-refractivity contribution is 0.393. The number of fused-ring (bicyclic) bond motifs is 2. The lowest BCUT2D eigenvalue weighted by atomic mass is 10.0. The summed E-state index contributed by atoms with van der Waals surface area (Å²) in [7, 11) is 1.64. The Hall–Kier alpha value is -1.22. The summed E-state index contributed by atoms with van der Waals surface area (Å²) in [6, 6.07) is 6.52. The van der Waals surface area contributed by atoms with Gasteiger partial charge in [0.2, 0.25) is 0 Å². The Morgan fingerprint density at radius 2 is 2.29 bits per heavy atom. The average Bonchev–Trinajstić information content (AvgIpc) is 3.02. The molecule has 3 nitrogen and oxygen atoms in total. The number of furan rings is 2. The van der Waals surface area contributed by atoms with E-state index in [1.165, 1.54) is 32.2 Å². The highest BCUT2D eigenvalue weighted by Gasteiger charge is 2.08. The number of benzene rings is 1. The third-order valence-electron chi connectivity index (χ3n) is 3.27. The van der Waals surface area contributed by atoms with Gasteiger partial charge in [-0.3, -0.25) is 0 Å². The van der Waals surface area contributed by atoms with Crippen molar-refractivity contribution in [2.24, 2.45) is 0 Å². The topological polar surface area (TPSA) is 34.4 Å². The molecule has 3 rings (SSSR count). The molecule has 1 fully saturated rings. The van der Waals surface area contributed by atoms with E-state index in [1.807, 2.05) is 18.2 Å². The molecule has 1 saturated heterocycles. The Morgan fingerprint density at radius 3 is 2.65 bits per heavy atom. The van der Waals surface area contributed by atoms with Gasteiger partial charge in [0, 0.05) is 12.1 Å². The predicted molar refractivity (Wildman–Crippen MR) is 69.9 cm³/mol. The van der Waals surface area contributed by atoms with E-state index in [4.69, 9.17) is 9.15 Å². The van der Waals surface area contributed by atoms with Crippen molar-refractivity contribution < 1.29 is 9.15 Å². The van der Waals surface area contributed by atoms with Crippen LogP contribution in [0.5, 0.6) is 5.75 Å². The van der Waals surface area contributed by atoms with Crippen molar-refractivity contribution in [2.45, 2.75) is 38.6 Å². The summed E-state index contributed by atoms with van der Waals surface area (Å²) in [6.07, 6.45) is 5.53. The molecular weight excluding hydrogens is 214 g/mol. The third kappa shape index (κ3) is 3.13. The van der Waals surface area contributed by atoms with Gasteiger partial charge >= 0.3 is 0 Å². The molecule has 0 radical (unpaired) electrons. The van der Waals surface area contributed by atoms with Crippen molar-refractivity contribution in [2.75, 3.05) is 13.7 Å². The largest absolute Gasteiger partial charge is 0.493 e. The minimum absolute atomic E-state index is 0.826. The van der Waals surface area contributed by atoms with E-state index in [1.54, 1.807) is 7.11 Å². The fraction of sp³-hybridized carbons (Fsp3) is 0.571. The van der Waals surface area contributed by atoms with Crippen molar-refractivity contribution >= 4 is 11.2 Å². The molecule has 3 heteroatoms. The zero-order valence-electron chi connectivity index (χ0n) is 10.7. The SMILES string of the molecule is CCC1CCCCN1.COc1cc2ccc1o2. The van der Waals surface area contributed by atoms with Crippen LogP contribution in [0.4, 0.5) is 0 Å². The first-order chi connectivity index (χ1) is 8.33. The van der Waals surface area contributed by atoms with Gasteiger partial charge in [0.05, 0.1) is 7.11 Å². The third-order valence-corrected chi connectivity index (χ3v) is 3.27. The Morgan fingerprint density at radius 1 is 1.41 bits per heavy atom. The minimum atomic E-state index is 0.826. The molecule has 0 aromatic carbocycles. The lowest BCUT2D eigenvalue weighted by Gasteiger charge is -2.21. The second-order valence-corrected chi connectivity index (χ2v) is 4.47. The van der Waals surface area contributed by atoms with E-state index in [-0.39, 0.29) is 0 Å². The smallest absolute Gasteiger partial charge is 0.169 e. The second-order valence-electron chi connectivity index (χ2n) is 4.47. The highest BCUT2D eigenvalue weighted by molar-refractivity contribution is 5.69. The Balaban J connectivity index is 0.000000128. The minimum Gasteiger partial charge on any atom is -0.493 e. The highest BCUT2D eigenvalue weighted by atomic mass is 16.5. The summed E-state index contributed by atoms with van der Waals surface area (Å²) in [5.74, 6) is 0.826. The van der Waals surface area contributed by atoms with Gasteiger partial charge in [-0.2, -0.15) is 0 Å². The quantitative estimate of drug-likeness (QED) is 0.866. The molecule has 2 aromatic rings. The monoisotopic (exact) mass is 235 g/mol. The zero-order chi connectivity index (χ0) is 12.1. The second kappa shape index (κ2) is 5.92. The molecule has 1 atom stereocenters. The Labute approximate surface area is 102 Å². The summed E-state index contributed by atoms with van der Waals surface area (Å²) in [5.41, 5.74) is 1.70. The molecule has 0 aliphatic carbocycles. The van der Waals surface area contributed by atoms with Gasteiger partial charge in [0.25, 0.3) is 0 Å². The van der Waals surface area contributed by atoms with Gasteiger partial charge in [-0.1, -0.05) is 13.3 Å². The first-order valence-electron chi connectivity index (χ1n) is 6.42. The number of methoxy groups -OCH3 is 1. The molecule has 94 valence electrons. The molecule has 0 saturated carbocycles. The van der Waals surface area contributed by atoms with E-state index >= 15 is 0 Å². The summed E-state index contributed by atoms with van der Waals surface area (Å²) in [6.45, 7) is 3.50. The van der Waals surface area contributed by atoms with Crippen LogP contribution in [-0.2, 0) is 0 Å². The van der Waals surface area contributed by atoms with Crippen LogP contribution in [0.25, 0.3) is 11.2 Å². The van der Waals surface area contributed by atoms with E-state index in [0.29, 0.717) is 0 Å². The van der Waals surface area contributed by atoms with Crippen LogP contribution >= 0.6 is 0 Å². The number of nitrogens with one attached hydrogen (secondary N) is 1. The fourth-order valence-electron chi connectivity index (χ4n) is 2.20. The highest BCUT2D eigenvalue weighted by Crippen LogP contribution is 2.27. The first kappa shape index (κ1) is 12.2. The standard InChI is InChI=1S/C7H15N.C7H6O2/c1-2-7-5-3-4-6-8-7;1-8-7-4-5-2-3-6(7)9-5/h7-8H,2-6H2,1H3;2-4H,1H3. The van der Waals surface area contributed by atoms with Gasteiger partial charge in [-0.05, 0) is 37.9 Å². The molecule has 1 unspecified atom stereocenters. The maximum absolute atomic E-state index is 5.18. The van der Waals surface area contributed by atoms with Crippen molar-refractivity contribution in [3.63, 3.8) is 0 Å². The van der Waals surface area contributed by atoms with Crippen LogP contribution < -0.4 is 10.1 Å². The van der Waals surface area contributed by atoms with Gasteiger partial charge in [0.1, 0.15) is 5.58 Å². The molecule has 1 N–H and O–H groups in total. The van der Waals surface area contributed by atoms with E-state index in [2.05, 4.69) is 12.2 Å². The van der Waals surface area contributed by atoms with Crippen molar-refractivity contribution in [3.05, 3.63) is 18.2 Å². The molecule has 0 amide bonds. The Kier molecular flexibility index (Phi) is 4.26. The zero-order valence-corrected chi connectivity index (χ0v) is 10.7. The fourth-order valence-corrected chi connectivity index (χ4v) is 2.20. The maximum Gasteiger partial charge on any atom is 0.169 e. The van der Waals surface area contributed by atoms with Crippen LogP contribution in [0.1, 0.15) is 32.6 Å². The maximum atomic E-state index is 5.18. The van der Waals surface area contributed by atoms with E-state index in [9.17, 15) is 0 Å². The van der Waals surface area contributed by atoms with Crippen molar-refractivity contribution in [1.29, 1.82) is 0 Å². The predicted octanol–water partition coefficient (Wildman–Crippen LogP) is 3.42. The van der Waals surface area contributed by atoms with Crippen LogP contribution in [0.2, 0.25) is 0 Å². The van der Waals surface area contributed by atoms with Crippen LogP contribution in [0.15, 0.2) is 22.6 Å². The van der Waals surface area contributed by atoms with E-state index in [0.717, 1.165) is 23.0 Å². The van der Waals surface area contributed by atoms with Gasteiger partial charge in [-0.15, -0.1) is 0 Å². The number of ether oxygens (including phenoxy) is 1. The number of piperidine rings is 1. The average molecular weight is 235 g/mol. The van der Waals surface area contributed by atoms with Crippen molar-refractivity contribution in [1.82, 2.24) is 5.32 Å². The number of hydrogen-bond acceptors (Lipinski definition) is 3. The van der Waals surface area contributed by atoms with Crippen LogP contribution in [0, 0.1) is 0 Å². The van der Waals surface area contributed by atoms with Crippen molar-refractivity contribution in [3.8, 4) is 5.75 Å². The van der Waals surface area contributed by atoms with Gasteiger partial charge in [-0.25, -0.2) is 0 Å². The first-order valence-corrected chi connectivity index (χ1v) is 6.42. The molecule has 1 aliphatic rings. The number of rotatable bonds is 2.